The average molecular weight is 442 g/mol. The predicted molar refractivity (Wildman–Crippen MR) is 130 cm³/mol. The van der Waals surface area contributed by atoms with Gasteiger partial charge in [0.15, 0.2) is 0 Å². The Kier molecular flexibility index (Phi) is 5.00. The molecule has 1 saturated heterocycles. The van der Waals surface area contributed by atoms with Gasteiger partial charge in [-0.05, 0) is 41.3 Å². The number of hydrogen-bond donors (Lipinski definition) is 3. The van der Waals surface area contributed by atoms with Gasteiger partial charge in [-0.2, -0.15) is 0 Å². The Labute approximate surface area is 193 Å². The fourth-order valence-electron chi connectivity index (χ4n) is 5.10. The number of piperazine rings is 1. The summed E-state index contributed by atoms with van der Waals surface area (Å²) in [6.07, 6.45) is 0.866. The topological polar surface area (TPSA) is 80.7 Å². The summed E-state index contributed by atoms with van der Waals surface area (Å²) in [4.78, 5) is 21.9. The predicted octanol–water partition coefficient (Wildman–Crippen LogP) is 2.78. The molecule has 1 amide bonds. The lowest BCUT2D eigenvalue weighted by atomic mass is 9.94. The van der Waals surface area contributed by atoms with Crippen LogP contribution in [0.15, 0.2) is 48.5 Å². The molecule has 0 bridgehead atoms. The summed E-state index contributed by atoms with van der Waals surface area (Å²) in [6.45, 7) is 5.49. The van der Waals surface area contributed by atoms with Gasteiger partial charge >= 0.3 is 0 Å². The van der Waals surface area contributed by atoms with Crippen molar-refractivity contribution in [3.63, 3.8) is 0 Å². The van der Waals surface area contributed by atoms with Gasteiger partial charge in [-0.3, -0.25) is 4.79 Å². The van der Waals surface area contributed by atoms with E-state index >= 15 is 0 Å². The first-order chi connectivity index (χ1) is 16.2. The number of hydrogen-bond acceptors (Lipinski definition) is 6. The Hall–Kier alpha value is -3.42. The molecule has 3 aliphatic rings. The highest BCUT2D eigenvalue weighted by molar-refractivity contribution is 6.21. The van der Waals surface area contributed by atoms with E-state index in [0.29, 0.717) is 12.1 Å². The first-order valence-corrected chi connectivity index (χ1v) is 11.6. The van der Waals surface area contributed by atoms with Crippen LogP contribution in [0.5, 0.6) is 0 Å². The molecule has 7 nitrogen and oxygen atoms in total. The molecule has 6 rings (SSSR count). The zero-order chi connectivity index (χ0) is 22.4. The van der Waals surface area contributed by atoms with Gasteiger partial charge in [0, 0.05) is 50.5 Å². The number of aliphatic hydroxyl groups excluding tert-OH is 1. The second-order valence-electron chi connectivity index (χ2n) is 8.88. The number of benzene rings is 2. The maximum Gasteiger partial charge on any atom is 0.261 e. The van der Waals surface area contributed by atoms with Gasteiger partial charge in [0.1, 0.15) is 11.4 Å². The number of amides is 1. The molecule has 1 aromatic heterocycles. The normalized spacial score (nSPS) is 17.2. The third kappa shape index (κ3) is 3.53. The van der Waals surface area contributed by atoms with E-state index in [1.165, 1.54) is 11.3 Å². The van der Waals surface area contributed by atoms with E-state index in [9.17, 15) is 9.90 Å². The minimum Gasteiger partial charge on any atom is -0.392 e. The second-order valence-corrected chi connectivity index (χ2v) is 8.88. The SMILES string of the molecule is O=C1Nc2cc(-c3ccc(N4CCNCC4)cc3)nc(N3CCc4cccc(CO)c4C3)c21. The minimum absolute atomic E-state index is 0.0164. The van der Waals surface area contributed by atoms with Crippen LogP contribution >= 0.6 is 0 Å². The second kappa shape index (κ2) is 8.17. The number of carbonyl (C=O) groups is 1. The molecule has 4 heterocycles. The van der Waals surface area contributed by atoms with Crippen molar-refractivity contribution in [1.82, 2.24) is 10.3 Å². The number of fused-ring (bicyclic) bond motifs is 2. The van der Waals surface area contributed by atoms with Crippen molar-refractivity contribution in [3.05, 3.63) is 70.8 Å². The molecule has 168 valence electrons. The number of nitrogens with zero attached hydrogens (tertiary/aromatic N) is 3. The maximum absolute atomic E-state index is 12.4. The molecular weight excluding hydrogens is 414 g/mol. The van der Waals surface area contributed by atoms with Gasteiger partial charge in [0.05, 0.1) is 18.0 Å². The van der Waals surface area contributed by atoms with Gasteiger partial charge in [-0.1, -0.05) is 30.3 Å². The third-order valence-electron chi connectivity index (χ3n) is 6.96. The molecule has 0 aliphatic carbocycles. The third-order valence-corrected chi connectivity index (χ3v) is 6.96. The van der Waals surface area contributed by atoms with E-state index in [0.717, 1.165) is 73.0 Å². The van der Waals surface area contributed by atoms with Crippen LogP contribution in [0.2, 0.25) is 0 Å². The summed E-state index contributed by atoms with van der Waals surface area (Å²) in [5.74, 6) is 0.658. The number of aromatic nitrogens is 1. The molecular formula is C26H27N5O2. The van der Waals surface area contributed by atoms with Gasteiger partial charge in [0.2, 0.25) is 0 Å². The Morgan fingerprint density at radius 3 is 2.58 bits per heavy atom. The summed E-state index contributed by atoms with van der Waals surface area (Å²) in [6, 6.07) is 16.6. The highest BCUT2D eigenvalue weighted by atomic mass is 16.3. The first-order valence-electron chi connectivity index (χ1n) is 11.6. The average Bonchev–Trinajstić information content (AvgIpc) is 2.87. The lowest BCUT2D eigenvalue weighted by molar-refractivity contribution is 0.101. The molecule has 33 heavy (non-hydrogen) atoms. The molecule has 3 N–H and O–H groups in total. The van der Waals surface area contributed by atoms with Crippen molar-refractivity contribution < 1.29 is 9.90 Å². The fourth-order valence-corrected chi connectivity index (χ4v) is 5.10. The zero-order valence-electron chi connectivity index (χ0n) is 18.5. The molecule has 0 atom stereocenters. The van der Waals surface area contributed by atoms with E-state index in [2.05, 4.69) is 50.8 Å². The molecule has 2 aromatic carbocycles. The monoisotopic (exact) mass is 441 g/mol. The molecule has 0 spiro atoms. The summed E-state index contributed by atoms with van der Waals surface area (Å²) in [5.41, 5.74) is 7.98. The van der Waals surface area contributed by atoms with Crippen LogP contribution in [-0.4, -0.2) is 48.7 Å². The van der Waals surface area contributed by atoms with Crippen LogP contribution in [-0.2, 0) is 19.6 Å². The molecule has 0 unspecified atom stereocenters. The Morgan fingerprint density at radius 1 is 1.00 bits per heavy atom. The van der Waals surface area contributed by atoms with Crippen LogP contribution < -0.4 is 20.4 Å². The van der Waals surface area contributed by atoms with Crippen molar-refractivity contribution in [3.8, 4) is 11.3 Å². The lowest BCUT2D eigenvalue weighted by Gasteiger charge is -2.35. The number of rotatable bonds is 4. The highest BCUT2D eigenvalue weighted by Crippen LogP contribution is 2.39. The van der Waals surface area contributed by atoms with E-state index in [-0.39, 0.29) is 12.5 Å². The summed E-state index contributed by atoms with van der Waals surface area (Å²) >= 11 is 0. The summed E-state index contributed by atoms with van der Waals surface area (Å²) < 4.78 is 0. The van der Waals surface area contributed by atoms with Gasteiger partial charge in [-0.15, -0.1) is 0 Å². The summed E-state index contributed by atoms with van der Waals surface area (Å²) in [7, 11) is 0. The number of nitrogens with one attached hydrogen (secondary N) is 2. The van der Waals surface area contributed by atoms with E-state index in [4.69, 9.17) is 4.98 Å². The van der Waals surface area contributed by atoms with Gasteiger partial charge in [-0.25, -0.2) is 4.98 Å². The van der Waals surface area contributed by atoms with E-state index in [1.807, 2.05) is 18.2 Å². The molecule has 7 heteroatoms. The van der Waals surface area contributed by atoms with Gasteiger partial charge in [0.25, 0.3) is 5.91 Å². The molecule has 0 saturated carbocycles. The van der Waals surface area contributed by atoms with Crippen molar-refractivity contribution in [2.45, 2.75) is 19.6 Å². The molecule has 0 radical (unpaired) electrons. The van der Waals surface area contributed by atoms with Crippen LogP contribution in [0.3, 0.4) is 0 Å². The Morgan fingerprint density at radius 2 is 1.82 bits per heavy atom. The van der Waals surface area contributed by atoms with Crippen LogP contribution in [0.1, 0.15) is 27.0 Å². The van der Waals surface area contributed by atoms with Gasteiger partial charge < -0.3 is 25.5 Å². The first kappa shape index (κ1) is 20.2. The number of anilines is 3. The number of aliphatic hydroxyl groups is 1. The van der Waals surface area contributed by atoms with E-state index < -0.39 is 0 Å². The standard InChI is InChI=1S/C26H27N5O2/c32-16-19-3-1-2-17-8-11-31(15-21(17)19)25-24-23(29-26(24)33)14-22(28-25)18-4-6-20(7-5-18)30-12-9-27-10-13-30/h1-7,14,27,32H,8-13,15-16H2,(H,29,33). The smallest absolute Gasteiger partial charge is 0.261 e. The van der Waals surface area contributed by atoms with E-state index in [1.54, 1.807) is 0 Å². The Balaban J connectivity index is 1.34. The maximum atomic E-state index is 12.4. The quantitative estimate of drug-likeness (QED) is 0.578. The fraction of sp³-hybridized carbons (Fsp3) is 0.308. The van der Waals surface area contributed by atoms with Crippen LogP contribution in [0, 0.1) is 0 Å². The number of carbonyl (C=O) groups excluding carboxylic acids is 1. The molecule has 3 aliphatic heterocycles. The zero-order valence-corrected chi connectivity index (χ0v) is 18.5. The van der Waals surface area contributed by atoms with Crippen molar-refractivity contribution in [2.75, 3.05) is 47.8 Å². The van der Waals surface area contributed by atoms with Crippen molar-refractivity contribution in [1.29, 1.82) is 0 Å². The van der Waals surface area contributed by atoms with Crippen molar-refractivity contribution >= 4 is 23.1 Å². The molecule has 1 fully saturated rings. The largest absolute Gasteiger partial charge is 0.392 e. The van der Waals surface area contributed by atoms with Crippen LogP contribution in [0.4, 0.5) is 17.2 Å². The van der Waals surface area contributed by atoms with Crippen LogP contribution in [0.25, 0.3) is 11.3 Å². The number of pyridine rings is 1. The Bertz CT molecular complexity index is 1200. The highest BCUT2D eigenvalue weighted by Gasteiger charge is 2.33. The summed E-state index contributed by atoms with van der Waals surface area (Å²) in [5, 5.41) is 16.1. The minimum atomic E-state index is -0.0747. The van der Waals surface area contributed by atoms with Crippen molar-refractivity contribution in [2.24, 2.45) is 0 Å². The lowest BCUT2D eigenvalue weighted by Crippen LogP contribution is -2.43. The molecule has 3 aromatic rings.